The summed E-state index contributed by atoms with van der Waals surface area (Å²) in [5.41, 5.74) is 3.85. The normalized spacial score (nSPS) is 11.5. The molecule has 0 saturated carbocycles. The molecule has 1 aromatic heterocycles. The maximum atomic E-state index is 4.36. The molecule has 0 radical (unpaired) electrons. The summed E-state index contributed by atoms with van der Waals surface area (Å²) in [6.45, 7) is 3.83. The van der Waals surface area contributed by atoms with Gasteiger partial charge in [-0.15, -0.1) is 0 Å². The SMILES string of the molecule is CN=C(NCCc1cnn(C)c1)N(C)Cc1ccccc1C. The highest BCUT2D eigenvalue weighted by Gasteiger charge is 2.07. The Bertz CT molecular complexity index is 629. The van der Waals surface area contributed by atoms with Gasteiger partial charge in [0, 0.05) is 40.4 Å². The Morgan fingerprint density at radius 3 is 2.77 bits per heavy atom. The van der Waals surface area contributed by atoms with E-state index in [9.17, 15) is 0 Å². The van der Waals surface area contributed by atoms with Gasteiger partial charge in [0.1, 0.15) is 0 Å². The number of nitrogens with zero attached hydrogens (tertiary/aromatic N) is 4. The topological polar surface area (TPSA) is 45.5 Å². The molecule has 2 rings (SSSR count). The second-order valence-corrected chi connectivity index (χ2v) is 5.53. The standard InChI is InChI=1S/C17H25N5/c1-14-7-5-6-8-16(14)13-21(3)17(18-2)19-10-9-15-11-20-22(4)12-15/h5-8,11-12H,9-10,13H2,1-4H3,(H,18,19). The smallest absolute Gasteiger partial charge is 0.193 e. The maximum Gasteiger partial charge on any atom is 0.193 e. The van der Waals surface area contributed by atoms with Gasteiger partial charge in [-0.2, -0.15) is 5.10 Å². The molecule has 0 amide bonds. The van der Waals surface area contributed by atoms with Crippen LogP contribution in [0.25, 0.3) is 0 Å². The molecule has 1 aromatic carbocycles. The number of guanidine groups is 1. The van der Waals surface area contributed by atoms with Crippen LogP contribution >= 0.6 is 0 Å². The van der Waals surface area contributed by atoms with Gasteiger partial charge in [0.05, 0.1) is 6.20 Å². The van der Waals surface area contributed by atoms with Crippen molar-refractivity contribution in [3.63, 3.8) is 0 Å². The molecule has 2 aromatic rings. The van der Waals surface area contributed by atoms with Gasteiger partial charge in [0.25, 0.3) is 0 Å². The summed E-state index contributed by atoms with van der Waals surface area (Å²) in [5.74, 6) is 0.909. The fraction of sp³-hybridized carbons (Fsp3) is 0.412. The first-order valence-corrected chi connectivity index (χ1v) is 7.54. The molecule has 0 saturated heterocycles. The molecule has 1 heterocycles. The number of rotatable bonds is 5. The zero-order chi connectivity index (χ0) is 15.9. The van der Waals surface area contributed by atoms with E-state index in [0.717, 1.165) is 25.5 Å². The summed E-state index contributed by atoms with van der Waals surface area (Å²) in [7, 11) is 5.82. The van der Waals surface area contributed by atoms with Gasteiger partial charge < -0.3 is 10.2 Å². The van der Waals surface area contributed by atoms with Crippen LogP contribution in [0.15, 0.2) is 41.7 Å². The molecular weight excluding hydrogens is 274 g/mol. The minimum absolute atomic E-state index is 0.844. The van der Waals surface area contributed by atoms with E-state index in [4.69, 9.17) is 0 Å². The van der Waals surface area contributed by atoms with Gasteiger partial charge in [-0.3, -0.25) is 9.67 Å². The maximum absolute atomic E-state index is 4.36. The van der Waals surface area contributed by atoms with E-state index >= 15 is 0 Å². The van der Waals surface area contributed by atoms with E-state index in [0.29, 0.717) is 0 Å². The molecule has 0 bridgehead atoms. The van der Waals surface area contributed by atoms with Crippen LogP contribution in [0.2, 0.25) is 0 Å². The number of aromatic nitrogens is 2. The zero-order valence-electron chi connectivity index (χ0n) is 13.9. The fourth-order valence-corrected chi connectivity index (χ4v) is 2.42. The Morgan fingerprint density at radius 1 is 1.36 bits per heavy atom. The minimum atomic E-state index is 0.844. The third-order valence-electron chi connectivity index (χ3n) is 3.70. The summed E-state index contributed by atoms with van der Waals surface area (Å²) in [5, 5.41) is 7.59. The molecule has 1 N–H and O–H groups in total. The molecule has 22 heavy (non-hydrogen) atoms. The predicted octanol–water partition coefficient (Wildman–Crippen LogP) is 1.98. The lowest BCUT2D eigenvalue weighted by Gasteiger charge is -2.23. The van der Waals surface area contributed by atoms with Crippen LogP contribution in [0, 0.1) is 6.92 Å². The summed E-state index contributed by atoms with van der Waals surface area (Å²) in [4.78, 5) is 6.51. The Morgan fingerprint density at radius 2 is 2.14 bits per heavy atom. The van der Waals surface area contributed by atoms with Crippen molar-refractivity contribution in [3.05, 3.63) is 53.3 Å². The lowest BCUT2D eigenvalue weighted by Crippen LogP contribution is -2.39. The van der Waals surface area contributed by atoms with Crippen LogP contribution in [-0.4, -0.2) is 41.3 Å². The molecule has 5 nitrogen and oxygen atoms in total. The minimum Gasteiger partial charge on any atom is -0.356 e. The van der Waals surface area contributed by atoms with E-state index in [-0.39, 0.29) is 0 Å². The first-order chi connectivity index (χ1) is 10.6. The van der Waals surface area contributed by atoms with Crippen molar-refractivity contribution >= 4 is 5.96 Å². The molecule has 0 fully saturated rings. The number of aliphatic imine (C=N–C) groups is 1. The molecule has 0 aliphatic rings. The second kappa shape index (κ2) is 7.64. The van der Waals surface area contributed by atoms with E-state index in [1.165, 1.54) is 16.7 Å². The van der Waals surface area contributed by atoms with Gasteiger partial charge >= 0.3 is 0 Å². The average molecular weight is 299 g/mol. The quantitative estimate of drug-likeness (QED) is 0.678. The first-order valence-electron chi connectivity index (χ1n) is 7.54. The molecular formula is C17H25N5. The largest absolute Gasteiger partial charge is 0.356 e. The van der Waals surface area contributed by atoms with E-state index in [1.54, 1.807) is 0 Å². The lowest BCUT2D eigenvalue weighted by molar-refractivity contribution is 0.476. The highest BCUT2D eigenvalue weighted by atomic mass is 15.3. The molecule has 5 heteroatoms. The summed E-state index contributed by atoms with van der Waals surface area (Å²) < 4.78 is 1.83. The van der Waals surface area contributed by atoms with Crippen LogP contribution in [0.3, 0.4) is 0 Å². The molecule has 0 atom stereocenters. The third-order valence-corrected chi connectivity index (χ3v) is 3.70. The number of benzene rings is 1. The van der Waals surface area contributed by atoms with Crippen LogP contribution in [0.5, 0.6) is 0 Å². The van der Waals surface area contributed by atoms with Gasteiger partial charge in [0.2, 0.25) is 0 Å². The van der Waals surface area contributed by atoms with Crippen molar-refractivity contribution in [3.8, 4) is 0 Å². The van der Waals surface area contributed by atoms with Crippen LogP contribution in [0.1, 0.15) is 16.7 Å². The van der Waals surface area contributed by atoms with E-state index in [1.807, 2.05) is 31.2 Å². The first kappa shape index (κ1) is 16.1. The van der Waals surface area contributed by atoms with Crippen LogP contribution in [-0.2, 0) is 20.0 Å². The van der Waals surface area contributed by atoms with Gasteiger partial charge in [-0.1, -0.05) is 24.3 Å². The average Bonchev–Trinajstić information content (AvgIpc) is 2.91. The highest BCUT2D eigenvalue weighted by Crippen LogP contribution is 2.09. The van der Waals surface area contributed by atoms with Crippen molar-refractivity contribution < 1.29 is 0 Å². The Kier molecular flexibility index (Phi) is 5.58. The van der Waals surface area contributed by atoms with Crippen molar-refractivity contribution in [1.29, 1.82) is 0 Å². The lowest BCUT2D eigenvalue weighted by atomic mass is 10.1. The number of aryl methyl sites for hydroxylation is 2. The monoisotopic (exact) mass is 299 g/mol. The molecule has 0 spiro atoms. The van der Waals surface area contributed by atoms with Crippen molar-refractivity contribution in [2.75, 3.05) is 20.6 Å². The second-order valence-electron chi connectivity index (χ2n) is 5.53. The van der Waals surface area contributed by atoms with Gasteiger partial charge in [0.15, 0.2) is 5.96 Å². The molecule has 0 aliphatic heterocycles. The fourth-order valence-electron chi connectivity index (χ4n) is 2.42. The number of nitrogens with one attached hydrogen (secondary N) is 1. The van der Waals surface area contributed by atoms with Crippen LogP contribution in [0.4, 0.5) is 0 Å². The van der Waals surface area contributed by atoms with E-state index in [2.05, 4.69) is 58.5 Å². The molecule has 0 aliphatic carbocycles. The Labute approximate surface area is 132 Å². The van der Waals surface area contributed by atoms with Gasteiger partial charge in [-0.05, 0) is 30.0 Å². The summed E-state index contributed by atoms with van der Waals surface area (Å²) >= 11 is 0. The third kappa shape index (κ3) is 4.35. The zero-order valence-corrected chi connectivity index (χ0v) is 13.9. The van der Waals surface area contributed by atoms with Crippen molar-refractivity contribution in [2.24, 2.45) is 12.0 Å². The highest BCUT2D eigenvalue weighted by molar-refractivity contribution is 5.79. The van der Waals surface area contributed by atoms with Gasteiger partial charge in [-0.25, -0.2) is 0 Å². The number of hydrogen-bond acceptors (Lipinski definition) is 2. The molecule has 118 valence electrons. The van der Waals surface area contributed by atoms with Crippen molar-refractivity contribution in [2.45, 2.75) is 19.9 Å². The Hall–Kier alpha value is -2.30. The Balaban J connectivity index is 1.87. The summed E-state index contributed by atoms with van der Waals surface area (Å²) in [6.07, 6.45) is 4.88. The van der Waals surface area contributed by atoms with Crippen LogP contribution < -0.4 is 5.32 Å². The number of hydrogen-bond donors (Lipinski definition) is 1. The summed E-state index contributed by atoms with van der Waals surface area (Å²) in [6, 6.07) is 8.45. The predicted molar refractivity (Wildman–Crippen MR) is 90.9 cm³/mol. The molecule has 0 unspecified atom stereocenters. The van der Waals surface area contributed by atoms with E-state index < -0.39 is 0 Å². The van der Waals surface area contributed by atoms with Crippen molar-refractivity contribution in [1.82, 2.24) is 20.0 Å².